The quantitative estimate of drug-likeness (QED) is 0.640. The number of aliphatic hydroxyl groups is 1. The number of halogens is 1. The van der Waals surface area contributed by atoms with Gasteiger partial charge in [0.15, 0.2) is 0 Å². The number of fused-ring (bicyclic) bond motifs is 1. The van der Waals surface area contributed by atoms with Crippen LogP contribution in [0, 0.1) is 0 Å². The summed E-state index contributed by atoms with van der Waals surface area (Å²) in [6, 6.07) is 4.73. The highest BCUT2D eigenvalue weighted by molar-refractivity contribution is 5.98. The average Bonchev–Trinajstić information content (AvgIpc) is 2.89. The SMILES string of the molecule is COC(=O)c1cc2c(C(O)CNC(C)(C)C)ccc(O)c2[nH]1.Cl. The zero-order chi connectivity index (χ0) is 16.5. The van der Waals surface area contributed by atoms with Crippen molar-refractivity contribution >= 4 is 29.3 Å². The number of aromatic hydroxyl groups is 1. The average molecular weight is 343 g/mol. The molecule has 2 rings (SSSR count). The van der Waals surface area contributed by atoms with E-state index < -0.39 is 12.1 Å². The van der Waals surface area contributed by atoms with E-state index in [0.717, 1.165) is 0 Å². The Balaban J connectivity index is 0.00000264. The van der Waals surface area contributed by atoms with Gasteiger partial charge in [-0.25, -0.2) is 4.79 Å². The number of phenolic OH excluding ortho intramolecular Hbond substituents is 1. The number of nitrogens with one attached hydrogen (secondary N) is 2. The number of aromatic amines is 1. The van der Waals surface area contributed by atoms with E-state index in [0.29, 0.717) is 23.0 Å². The Hall–Kier alpha value is -1.76. The van der Waals surface area contributed by atoms with Crippen molar-refractivity contribution in [2.75, 3.05) is 13.7 Å². The Morgan fingerprint density at radius 3 is 2.61 bits per heavy atom. The van der Waals surface area contributed by atoms with E-state index in [9.17, 15) is 15.0 Å². The summed E-state index contributed by atoms with van der Waals surface area (Å²) in [6.45, 7) is 6.40. The number of hydrogen-bond donors (Lipinski definition) is 4. The Morgan fingerprint density at radius 1 is 1.39 bits per heavy atom. The second-order valence-electron chi connectivity index (χ2n) is 6.28. The van der Waals surface area contributed by atoms with E-state index in [2.05, 4.69) is 15.0 Å². The van der Waals surface area contributed by atoms with Crippen LogP contribution in [0.25, 0.3) is 10.9 Å². The first kappa shape index (κ1) is 19.3. The number of phenols is 1. The molecule has 0 bridgehead atoms. The van der Waals surface area contributed by atoms with Crippen molar-refractivity contribution in [3.05, 3.63) is 29.5 Å². The minimum atomic E-state index is -0.761. The van der Waals surface area contributed by atoms with Crippen LogP contribution in [0.4, 0.5) is 0 Å². The van der Waals surface area contributed by atoms with Gasteiger partial charge in [0.1, 0.15) is 11.4 Å². The summed E-state index contributed by atoms with van der Waals surface area (Å²) in [5.74, 6) is -0.506. The maximum Gasteiger partial charge on any atom is 0.354 e. The van der Waals surface area contributed by atoms with Crippen molar-refractivity contribution in [1.29, 1.82) is 0 Å². The maximum atomic E-state index is 11.6. The van der Waals surface area contributed by atoms with Gasteiger partial charge in [0, 0.05) is 17.5 Å². The van der Waals surface area contributed by atoms with Gasteiger partial charge in [-0.1, -0.05) is 6.07 Å². The van der Waals surface area contributed by atoms with E-state index in [4.69, 9.17) is 0 Å². The van der Waals surface area contributed by atoms with Crippen LogP contribution in [-0.2, 0) is 4.74 Å². The number of rotatable bonds is 4. The summed E-state index contributed by atoms with van der Waals surface area (Å²) in [5, 5.41) is 24.2. The van der Waals surface area contributed by atoms with Crippen LogP contribution in [0.1, 0.15) is 42.9 Å². The topological polar surface area (TPSA) is 94.6 Å². The molecule has 1 atom stereocenters. The number of esters is 1. The summed E-state index contributed by atoms with van der Waals surface area (Å²) in [6.07, 6.45) is -0.761. The molecule has 0 radical (unpaired) electrons. The molecule has 7 heteroatoms. The van der Waals surface area contributed by atoms with E-state index in [1.807, 2.05) is 20.8 Å². The summed E-state index contributed by atoms with van der Waals surface area (Å²) in [4.78, 5) is 14.4. The van der Waals surface area contributed by atoms with Crippen LogP contribution >= 0.6 is 12.4 Å². The molecule has 1 heterocycles. The highest BCUT2D eigenvalue weighted by atomic mass is 35.5. The van der Waals surface area contributed by atoms with Crippen LogP contribution in [0.5, 0.6) is 5.75 Å². The molecule has 2 aromatic rings. The zero-order valence-electron chi connectivity index (χ0n) is 13.6. The molecule has 0 aliphatic heterocycles. The summed E-state index contributed by atoms with van der Waals surface area (Å²) in [7, 11) is 1.29. The van der Waals surface area contributed by atoms with E-state index in [1.165, 1.54) is 13.2 Å². The van der Waals surface area contributed by atoms with E-state index in [-0.39, 0.29) is 29.4 Å². The third-order valence-corrected chi connectivity index (χ3v) is 3.40. The Labute approximate surface area is 141 Å². The van der Waals surface area contributed by atoms with Crippen LogP contribution in [-0.4, -0.2) is 40.4 Å². The second-order valence-corrected chi connectivity index (χ2v) is 6.28. The molecule has 6 nitrogen and oxygen atoms in total. The lowest BCUT2D eigenvalue weighted by atomic mass is 10.0. The number of ether oxygens (including phenoxy) is 1. The van der Waals surface area contributed by atoms with Crippen LogP contribution < -0.4 is 5.32 Å². The first-order valence-electron chi connectivity index (χ1n) is 7.09. The number of H-pyrrole nitrogens is 1. The van der Waals surface area contributed by atoms with Crippen LogP contribution in [0.15, 0.2) is 18.2 Å². The Morgan fingerprint density at radius 2 is 2.04 bits per heavy atom. The van der Waals surface area contributed by atoms with E-state index >= 15 is 0 Å². The summed E-state index contributed by atoms with van der Waals surface area (Å²) >= 11 is 0. The predicted octanol–water partition coefficient (Wildman–Crippen LogP) is 2.50. The lowest BCUT2D eigenvalue weighted by Gasteiger charge is -2.23. The molecule has 1 aromatic carbocycles. The Bertz CT molecular complexity index is 691. The molecule has 128 valence electrons. The number of carbonyl (C=O) groups is 1. The standard InChI is InChI=1S/C16H22N2O4.ClH/c1-16(2,3)17-8-13(20)9-5-6-12(19)14-10(9)7-11(18-14)15(21)22-4;/h5-7,13,17-20H,8H2,1-4H3;1H. The number of aliphatic hydroxyl groups excluding tert-OH is 1. The van der Waals surface area contributed by atoms with Gasteiger partial charge in [0.25, 0.3) is 0 Å². The smallest absolute Gasteiger partial charge is 0.354 e. The fraction of sp³-hybridized carbons (Fsp3) is 0.438. The van der Waals surface area contributed by atoms with Crippen LogP contribution in [0.2, 0.25) is 0 Å². The van der Waals surface area contributed by atoms with Gasteiger partial charge in [-0.2, -0.15) is 0 Å². The molecule has 0 amide bonds. The van der Waals surface area contributed by atoms with Gasteiger partial charge in [0.05, 0.1) is 18.7 Å². The lowest BCUT2D eigenvalue weighted by Crippen LogP contribution is -2.38. The molecular weight excluding hydrogens is 320 g/mol. The van der Waals surface area contributed by atoms with Gasteiger partial charge in [-0.05, 0) is 38.5 Å². The van der Waals surface area contributed by atoms with Gasteiger partial charge in [0.2, 0.25) is 0 Å². The van der Waals surface area contributed by atoms with Crippen molar-refractivity contribution in [2.45, 2.75) is 32.4 Å². The zero-order valence-corrected chi connectivity index (χ0v) is 14.5. The maximum absolute atomic E-state index is 11.6. The minimum Gasteiger partial charge on any atom is -0.506 e. The third-order valence-electron chi connectivity index (χ3n) is 3.40. The van der Waals surface area contributed by atoms with Crippen molar-refractivity contribution < 1.29 is 19.7 Å². The number of hydrogen-bond acceptors (Lipinski definition) is 5. The molecule has 4 N–H and O–H groups in total. The number of aromatic nitrogens is 1. The first-order valence-corrected chi connectivity index (χ1v) is 7.09. The van der Waals surface area contributed by atoms with Crippen molar-refractivity contribution in [3.8, 4) is 5.75 Å². The molecular formula is C16H23ClN2O4. The van der Waals surface area contributed by atoms with Gasteiger partial charge in [-0.3, -0.25) is 0 Å². The fourth-order valence-corrected chi connectivity index (χ4v) is 2.25. The summed E-state index contributed by atoms with van der Waals surface area (Å²) < 4.78 is 4.67. The molecule has 1 unspecified atom stereocenters. The van der Waals surface area contributed by atoms with E-state index in [1.54, 1.807) is 12.1 Å². The third kappa shape index (κ3) is 4.37. The largest absolute Gasteiger partial charge is 0.506 e. The Kier molecular flexibility index (Phi) is 6.04. The van der Waals surface area contributed by atoms with Crippen LogP contribution in [0.3, 0.4) is 0 Å². The monoisotopic (exact) mass is 342 g/mol. The second kappa shape index (κ2) is 7.21. The predicted molar refractivity (Wildman–Crippen MR) is 91.3 cm³/mol. The molecule has 0 saturated heterocycles. The first-order chi connectivity index (χ1) is 10.2. The number of benzene rings is 1. The molecule has 0 fully saturated rings. The molecule has 0 aliphatic rings. The van der Waals surface area contributed by atoms with Gasteiger partial charge in [-0.15, -0.1) is 12.4 Å². The van der Waals surface area contributed by atoms with Crippen molar-refractivity contribution in [1.82, 2.24) is 10.3 Å². The number of carbonyl (C=O) groups excluding carboxylic acids is 1. The van der Waals surface area contributed by atoms with Crippen molar-refractivity contribution in [3.63, 3.8) is 0 Å². The number of methoxy groups -OCH3 is 1. The molecule has 23 heavy (non-hydrogen) atoms. The van der Waals surface area contributed by atoms with Gasteiger partial charge < -0.3 is 25.3 Å². The minimum absolute atomic E-state index is 0. The number of β-amino-alcohol motifs (C(OH)–C–C–N with tert-alkyl or cyclic N) is 1. The highest BCUT2D eigenvalue weighted by Gasteiger charge is 2.19. The summed E-state index contributed by atoms with van der Waals surface area (Å²) in [5.41, 5.74) is 1.16. The molecule has 0 aliphatic carbocycles. The molecule has 0 spiro atoms. The normalized spacial score (nSPS) is 12.7. The molecule has 0 saturated carbocycles. The van der Waals surface area contributed by atoms with Gasteiger partial charge >= 0.3 is 5.97 Å². The fourth-order valence-electron chi connectivity index (χ4n) is 2.25. The van der Waals surface area contributed by atoms with Crippen molar-refractivity contribution in [2.24, 2.45) is 0 Å². The molecule has 1 aromatic heterocycles. The highest BCUT2D eigenvalue weighted by Crippen LogP contribution is 2.31. The lowest BCUT2D eigenvalue weighted by molar-refractivity contribution is 0.0595.